The fourth-order valence-corrected chi connectivity index (χ4v) is 4.46. The number of nitrogens with one attached hydrogen (secondary N) is 1. The third-order valence-corrected chi connectivity index (χ3v) is 6.03. The lowest BCUT2D eigenvalue weighted by Crippen LogP contribution is -2.48. The van der Waals surface area contributed by atoms with Gasteiger partial charge in [0.1, 0.15) is 12.3 Å². The molecule has 3 heterocycles. The van der Waals surface area contributed by atoms with Gasteiger partial charge in [-0.15, -0.1) is 0 Å². The quantitative estimate of drug-likeness (QED) is 0.792. The van der Waals surface area contributed by atoms with Gasteiger partial charge in [-0.2, -0.15) is 0 Å². The highest BCUT2D eigenvalue weighted by molar-refractivity contribution is 6.09. The van der Waals surface area contributed by atoms with Crippen molar-refractivity contribution in [2.75, 3.05) is 19.7 Å². The van der Waals surface area contributed by atoms with Crippen LogP contribution in [0.3, 0.4) is 0 Å². The second kappa shape index (κ2) is 6.62. The van der Waals surface area contributed by atoms with Gasteiger partial charge in [-0.25, -0.2) is 4.79 Å². The molecule has 7 heteroatoms. The van der Waals surface area contributed by atoms with Crippen molar-refractivity contribution in [2.45, 2.75) is 24.9 Å². The van der Waals surface area contributed by atoms with Crippen molar-refractivity contribution in [1.82, 2.24) is 15.1 Å². The summed E-state index contributed by atoms with van der Waals surface area (Å²) in [6.07, 6.45) is 1.12. The Hall–Kier alpha value is -3.35. The lowest BCUT2D eigenvalue weighted by molar-refractivity contribution is -0.140. The first-order valence-corrected chi connectivity index (χ1v) is 9.79. The molecule has 29 heavy (non-hydrogen) atoms. The molecule has 3 aliphatic rings. The van der Waals surface area contributed by atoms with Gasteiger partial charge in [-0.05, 0) is 23.6 Å². The van der Waals surface area contributed by atoms with Gasteiger partial charge in [0.15, 0.2) is 5.54 Å². The number of carbonyl (C=O) groups is 3. The first-order valence-electron chi connectivity index (χ1n) is 9.79. The molecule has 2 aromatic rings. The molecule has 5 rings (SSSR count). The van der Waals surface area contributed by atoms with Gasteiger partial charge in [-0.1, -0.05) is 42.5 Å². The number of rotatable bonds is 2. The summed E-state index contributed by atoms with van der Waals surface area (Å²) >= 11 is 0. The van der Waals surface area contributed by atoms with Crippen LogP contribution in [0.1, 0.15) is 23.1 Å². The van der Waals surface area contributed by atoms with Gasteiger partial charge in [0.2, 0.25) is 5.91 Å². The average Bonchev–Trinajstić information content (AvgIpc) is 2.98. The Morgan fingerprint density at radius 1 is 1.07 bits per heavy atom. The summed E-state index contributed by atoms with van der Waals surface area (Å²) in [5.41, 5.74) is 1.84. The van der Waals surface area contributed by atoms with Gasteiger partial charge < -0.3 is 15.0 Å². The number of hydrogen-bond acceptors (Lipinski definition) is 4. The summed E-state index contributed by atoms with van der Waals surface area (Å²) in [5.74, 6) is -0.0161. The fraction of sp³-hybridized carbons (Fsp3) is 0.318. The zero-order valence-corrected chi connectivity index (χ0v) is 15.9. The smallest absolute Gasteiger partial charge is 0.325 e. The van der Waals surface area contributed by atoms with Gasteiger partial charge >= 0.3 is 6.03 Å². The standard InChI is InChI=1S/C22H21N3O4/c26-19(24-11-9-15-5-1-2-6-16(15)13-24)14-25-20(27)22(23-21(25)28)10-12-29-18-8-4-3-7-17(18)22/h1-8H,9-14H2,(H,23,28)/t22-/m1/s1. The first-order chi connectivity index (χ1) is 14.1. The predicted molar refractivity (Wildman–Crippen MR) is 104 cm³/mol. The minimum absolute atomic E-state index is 0.222. The van der Waals surface area contributed by atoms with Crippen LogP contribution < -0.4 is 10.1 Å². The van der Waals surface area contributed by atoms with Crippen molar-refractivity contribution in [3.63, 3.8) is 0 Å². The number of carbonyl (C=O) groups excluding carboxylic acids is 3. The van der Waals surface area contributed by atoms with Gasteiger partial charge in [0.25, 0.3) is 5.91 Å². The van der Waals surface area contributed by atoms with Gasteiger partial charge in [-0.3, -0.25) is 14.5 Å². The van der Waals surface area contributed by atoms with Crippen molar-refractivity contribution in [3.8, 4) is 5.75 Å². The molecule has 1 spiro atoms. The zero-order chi connectivity index (χ0) is 20.0. The SMILES string of the molecule is O=C(CN1C(=O)N[C@@]2(CCOc3ccccc32)C1=O)N1CCc2ccccc2C1. The fourth-order valence-electron chi connectivity index (χ4n) is 4.46. The van der Waals surface area contributed by atoms with Gasteiger partial charge in [0.05, 0.1) is 6.61 Å². The van der Waals surface area contributed by atoms with Crippen LogP contribution in [-0.2, 0) is 28.1 Å². The topological polar surface area (TPSA) is 79.0 Å². The van der Waals surface area contributed by atoms with E-state index in [-0.39, 0.29) is 18.4 Å². The Labute approximate surface area is 168 Å². The van der Waals surface area contributed by atoms with E-state index in [0.29, 0.717) is 37.4 Å². The van der Waals surface area contributed by atoms with Crippen LogP contribution in [0.15, 0.2) is 48.5 Å². The molecule has 1 fully saturated rings. The number of nitrogens with zero attached hydrogens (tertiary/aromatic N) is 2. The molecule has 1 N–H and O–H groups in total. The van der Waals surface area contributed by atoms with E-state index in [0.717, 1.165) is 16.9 Å². The number of benzene rings is 2. The Bertz CT molecular complexity index is 1020. The van der Waals surface area contributed by atoms with E-state index < -0.39 is 11.6 Å². The summed E-state index contributed by atoms with van der Waals surface area (Å²) in [6, 6.07) is 14.7. The van der Waals surface area contributed by atoms with Crippen molar-refractivity contribution in [2.24, 2.45) is 0 Å². The maximum absolute atomic E-state index is 13.3. The number of ether oxygens (including phenoxy) is 1. The van der Waals surface area contributed by atoms with Crippen molar-refractivity contribution < 1.29 is 19.1 Å². The number of para-hydroxylation sites is 1. The van der Waals surface area contributed by atoms with Crippen LogP contribution in [0, 0.1) is 0 Å². The Morgan fingerprint density at radius 2 is 1.83 bits per heavy atom. The molecule has 3 aliphatic heterocycles. The number of amides is 4. The monoisotopic (exact) mass is 391 g/mol. The van der Waals surface area contributed by atoms with Crippen LogP contribution in [-0.4, -0.2) is 47.3 Å². The van der Waals surface area contributed by atoms with Crippen LogP contribution in [0.5, 0.6) is 5.75 Å². The number of fused-ring (bicyclic) bond motifs is 3. The van der Waals surface area contributed by atoms with E-state index in [4.69, 9.17) is 4.74 Å². The summed E-state index contributed by atoms with van der Waals surface area (Å²) in [6.45, 7) is 1.16. The number of urea groups is 1. The maximum atomic E-state index is 13.3. The highest BCUT2D eigenvalue weighted by atomic mass is 16.5. The summed E-state index contributed by atoms with van der Waals surface area (Å²) in [7, 11) is 0. The minimum Gasteiger partial charge on any atom is -0.493 e. The lowest BCUT2D eigenvalue weighted by atomic mass is 9.84. The molecule has 2 aromatic carbocycles. The van der Waals surface area contributed by atoms with Crippen molar-refractivity contribution >= 4 is 17.8 Å². The molecular formula is C22H21N3O4. The normalized spacial score (nSPS) is 22.8. The number of hydrogen-bond donors (Lipinski definition) is 1. The third-order valence-electron chi connectivity index (χ3n) is 6.03. The predicted octanol–water partition coefficient (Wildman–Crippen LogP) is 1.80. The Balaban J connectivity index is 1.36. The minimum atomic E-state index is -1.15. The maximum Gasteiger partial charge on any atom is 0.325 e. The second-order valence-corrected chi connectivity index (χ2v) is 7.66. The summed E-state index contributed by atoms with van der Waals surface area (Å²) in [4.78, 5) is 41.6. The largest absolute Gasteiger partial charge is 0.493 e. The highest BCUT2D eigenvalue weighted by Crippen LogP contribution is 2.40. The molecule has 4 amide bonds. The molecule has 0 bridgehead atoms. The molecule has 7 nitrogen and oxygen atoms in total. The van der Waals surface area contributed by atoms with E-state index in [1.165, 1.54) is 5.56 Å². The van der Waals surface area contributed by atoms with Crippen molar-refractivity contribution in [3.05, 3.63) is 65.2 Å². The van der Waals surface area contributed by atoms with Crippen LogP contribution >= 0.6 is 0 Å². The van der Waals surface area contributed by atoms with E-state index in [1.807, 2.05) is 30.3 Å². The first kappa shape index (κ1) is 17.7. The molecule has 148 valence electrons. The van der Waals surface area contributed by atoms with E-state index >= 15 is 0 Å². The third kappa shape index (κ3) is 2.76. The lowest BCUT2D eigenvalue weighted by Gasteiger charge is -2.33. The van der Waals surface area contributed by atoms with Crippen molar-refractivity contribution in [1.29, 1.82) is 0 Å². The molecule has 0 unspecified atom stereocenters. The average molecular weight is 391 g/mol. The van der Waals surface area contributed by atoms with Gasteiger partial charge in [0, 0.05) is 25.1 Å². The Morgan fingerprint density at radius 3 is 2.69 bits per heavy atom. The molecule has 0 radical (unpaired) electrons. The number of imide groups is 1. The molecule has 1 atom stereocenters. The van der Waals surface area contributed by atoms with Crippen LogP contribution in [0.25, 0.3) is 0 Å². The Kier molecular flexibility index (Phi) is 4.04. The van der Waals surface area contributed by atoms with E-state index in [2.05, 4.69) is 11.4 Å². The molecular weight excluding hydrogens is 370 g/mol. The molecule has 0 saturated carbocycles. The van der Waals surface area contributed by atoms with Crippen LogP contribution in [0.2, 0.25) is 0 Å². The van der Waals surface area contributed by atoms with E-state index in [9.17, 15) is 14.4 Å². The second-order valence-electron chi connectivity index (χ2n) is 7.66. The molecule has 1 saturated heterocycles. The summed E-state index contributed by atoms with van der Waals surface area (Å²) < 4.78 is 5.64. The zero-order valence-electron chi connectivity index (χ0n) is 15.9. The molecule has 0 aliphatic carbocycles. The molecule has 0 aromatic heterocycles. The summed E-state index contributed by atoms with van der Waals surface area (Å²) in [5, 5.41) is 2.84. The van der Waals surface area contributed by atoms with E-state index in [1.54, 1.807) is 17.0 Å². The highest BCUT2D eigenvalue weighted by Gasteiger charge is 2.55. The van der Waals surface area contributed by atoms with Crippen LogP contribution in [0.4, 0.5) is 4.79 Å².